The molecule has 0 aromatic carbocycles. The molecule has 6 heteroatoms. The van der Waals surface area contributed by atoms with Crippen molar-refractivity contribution in [2.24, 2.45) is 23.8 Å². The maximum Gasteiger partial charge on any atom is 0.205 e. The van der Waals surface area contributed by atoms with Crippen LogP contribution in [0.3, 0.4) is 0 Å². The molecule has 6 nitrogen and oxygen atoms in total. The van der Waals surface area contributed by atoms with Gasteiger partial charge in [-0.25, -0.2) is 5.84 Å². The van der Waals surface area contributed by atoms with Crippen LogP contribution in [0.4, 0.5) is 0 Å². The Morgan fingerprint density at radius 1 is 1.59 bits per heavy atom. The Hall–Kier alpha value is -1.56. The summed E-state index contributed by atoms with van der Waals surface area (Å²) in [5.41, 5.74) is 3.62. The molecule has 0 aliphatic rings. The first-order chi connectivity index (χ1) is 8.11. The Balaban J connectivity index is 2.30. The molecule has 17 heavy (non-hydrogen) atoms. The number of nitrogens with zero attached hydrogens (tertiary/aromatic N) is 3. The summed E-state index contributed by atoms with van der Waals surface area (Å²) in [5, 5.41) is 7.44. The number of aryl methyl sites for hydroxylation is 1. The SMILES string of the molecule is CC(C)CN=C(NN)NCCc1ccn(C)n1. The summed E-state index contributed by atoms with van der Waals surface area (Å²) < 4.78 is 1.80. The van der Waals surface area contributed by atoms with Crippen LogP contribution in [0.15, 0.2) is 17.3 Å². The van der Waals surface area contributed by atoms with Crippen molar-refractivity contribution in [3.8, 4) is 0 Å². The molecular weight excluding hydrogens is 216 g/mol. The van der Waals surface area contributed by atoms with Gasteiger partial charge >= 0.3 is 0 Å². The molecule has 1 aromatic rings. The lowest BCUT2D eigenvalue weighted by Crippen LogP contribution is -2.42. The van der Waals surface area contributed by atoms with Crippen LogP contribution in [0, 0.1) is 5.92 Å². The molecule has 0 unspecified atom stereocenters. The van der Waals surface area contributed by atoms with Crippen molar-refractivity contribution in [2.75, 3.05) is 13.1 Å². The van der Waals surface area contributed by atoms with Crippen molar-refractivity contribution in [1.29, 1.82) is 0 Å². The Kier molecular flexibility index (Phi) is 5.48. The van der Waals surface area contributed by atoms with Gasteiger partial charge in [-0.3, -0.25) is 15.1 Å². The number of aromatic nitrogens is 2. The summed E-state index contributed by atoms with van der Waals surface area (Å²) in [6, 6.07) is 2.00. The van der Waals surface area contributed by atoms with E-state index in [0.717, 1.165) is 25.2 Å². The van der Waals surface area contributed by atoms with Gasteiger partial charge in [0.25, 0.3) is 0 Å². The highest BCUT2D eigenvalue weighted by Crippen LogP contribution is 1.94. The van der Waals surface area contributed by atoms with Crippen LogP contribution in [0.5, 0.6) is 0 Å². The zero-order chi connectivity index (χ0) is 12.7. The second kappa shape index (κ2) is 6.90. The molecule has 0 atom stereocenters. The van der Waals surface area contributed by atoms with E-state index in [0.29, 0.717) is 11.9 Å². The van der Waals surface area contributed by atoms with E-state index < -0.39 is 0 Å². The fourth-order valence-corrected chi connectivity index (χ4v) is 1.33. The van der Waals surface area contributed by atoms with E-state index in [-0.39, 0.29) is 0 Å². The maximum atomic E-state index is 5.38. The Morgan fingerprint density at radius 2 is 2.35 bits per heavy atom. The van der Waals surface area contributed by atoms with Crippen LogP contribution in [0.2, 0.25) is 0 Å². The van der Waals surface area contributed by atoms with Gasteiger partial charge in [0.1, 0.15) is 0 Å². The van der Waals surface area contributed by atoms with Crippen molar-refractivity contribution in [3.63, 3.8) is 0 Å². The fourth-order valence-electron chi connectivity index (χ4n) is 1.33. The predicted octanol–water partition coefficient (Wildman–Crippen LogP) is 0.0275. The van der Waals surface area contributed by atoms with E-state index in [1.807, 2.05) is 19.3 Å². The van der Waals surface area contributed by atoms with Crippen molar-refractivity contribution in [1.82, 2.24) is 20.5 Å². The molecule has 1 heterocycles. The number of nitrogens with one attached hydrogen (secondary N) is 2. The summed E-state index contributed by atoms with van der Waals surface area (Å²) in [6.45, 7) is 5.76. The quantitative estimate of drug-likeness (QED) is 0.292. The van der Waals surface area contributed by atoms with Gasteiger partial charge < -0.3 is 5.32 Å². The summed E-state index contributed by atoms with van der Waals surface area (Å²) in [7, 11) is 1.91. The molecule has 0 bridgehead atoms. The Bertz CT molecular complexity index is 355. The molecule has 0 spiro atoms. The van der Waals surface area contributed by atoms with E-state index in [1.54, 1.807) is 4.68 Å². The molecule has 0 amide bonds. The summed E-state index contributed by atoms with van der Waals surface area (Å²) in [5.74, 6) is 6.54. The van der Waals surface area contributed by atoms with Gasteiger partial charge in [-0.2, -0.15) is 5.10 Å². The standard InChI is InChI=1S/C11H22N6/c1-9(2)8-14-11(15-12)13-6-4-10-5-7-17(3)16-10/h5,7,9H,4,6,8,12H2,1-3H3,(H2,13,14,15). The first-order valence-corrected chi connectivity index (χ1v) is 5.85. The van der Waals surface area contributed by atoms with E-state index in [4.69, 9.17) is 5.84 Å². The average molecular weight is 238 g/mol. The van der Waals surface area contributed by atoms with Gasteiger partial charge in [-0.15, -0.1) is 0 Å². The second-order valence-electron chi connectivity index (χ2n) is 4.39. The van der Waals surface area contributed by atoms with Crippen LogP contribution in [0.1, 0.15) is 19.5 Å². The molecule has 0 fully saturated rings. The number of hydrogen-bond acceptors (Lipinski definition) is 3. The third-order valence-electron chi connectivity index (χ3n) is 2.19. The van der Waals surface area contributed by atoms with Crippen molar-refractivity contribution in [3.05, 3.63) is 18.0 Å². The zero-order valence-electron chi connectivity index (χ0n) is 10.8. The molecule has 0 aliphatic carbocycles. The van der Waals surface area contributed by atoms with Crippen molar-refractivity contribution >= 4 is 5.96 Å². The zero-order valence-corrected chi connectivity index (χ0v) is 10.8. The lowest BCUT2D eigenvalue weighted by molar-refractivity contribution is 0.656. The highest BCUT2D eigenvalue weighted by Gasteiger charge is 1.99. The summed E-state index contributed by atoms with van der Waals surface area (Å²) in [4.78, 5) is 4.32. The average Bonchev–Trinajstić information content (AvgIpc) is 2.69. The van der Waals surface area contributed by atoms with Gasteiger partial charge in [-0.1, -0.05) is 13.8 Å². The molecule has 1 aromatic heterocycles. The highest BCUT2D eigenvalue weighted by atomic mass is 15.3. The minimum Gasteiger partial charge on any atom is -0.355 e. The summed E-state index contributed by atoms with van der Waals surface area (Å²) in [6.07, 6.45) is 2.79. The van der Waals surface area contributed by atoms with Crippen LogP contribution >= 0.6 is 0 Å². The topological polar surface area (TPSA) is 80.3 Å². The third-order valence-corrected chi connectivity index (χ3v) is 2.19. The van der Waals surface area contributed by atoms with E-state index >= 15 is 0 Å². The first-order valence-electron chi connectivity index (χ1n) is 5.85. The number of aliphatic imine (C=N–C) groups is 1. The molecule has 0 aliphatic heterocycles. The van der Waals surface area contributed by atoms with Gasteiger partial charge in [-0.05, 0) is 12.0 Å². The molecule has 0 saturated heterocycles. The van der Waals surface area contributed by atoms with Crippen LogP contribution in [-0.4, -0.2) is 28.8 Å². The number of rotatable bonds is 5. The van der Waals surface area contributed by atoms with E-state index in [2.05, 4.69) is 34.7 Å². The highest BCUT2D eigenvalue weighted by molar-refractivity contribution is 5.79. The van der Waals surface area contributed by atoms with Crippen molar-refractivity contribution in [2.45, 2.75) is 20.3 Å². The Labute approximate surface area is 102 Å². The maximum absolute atomic E-state index is 5.38. The second-order valence-corrected chi connectivity index (χ2v) is 4.39. The fraction of sp³-hybridized carbons (Fsp3) is 0.636. The predicted molar refractivity (Wildman–Crippen MR) is 69.4 cm³/mol. The summed E-state index contributed by atoms with van der Waals surface area (Å²) >= 11 is 0. The molecule has 4 N–H and O–H groups in total. The van der Waals surface area contributed by atoms with Gasteiger partial charge in [0.05, 0.1) is 5.69 Å². The molecule has 1 rings (SSSR count). The molecular formula is C11H22N6. The van der Waals surface area contributed by atoms with Crippen LogP contribution < -0.4 is 16.6 Å². The number of guanidine groups is 1. The minimum atomic E-state index is 0.524. The lowest BCUT2D eigenvalue weighted by Gasteiger charge is -2.09. The number of hydrazine groups is 1. The first kappa shape index (κ1) is 13.5. The van der Waals surface area contributed by atoms with E-state index in [9.17, 15) is 0 Å². The lowest BCUT2D eigenvalue weighted by atomic mass is 10.2. The molecule has 96 valence electrons. The van der Waals surface area contributed by atoms with Crippen molar-refractivity contribution < 1.29 is 0 Å². The minimum absolute atomic E-state index is 0.524. The normalized spacial score (nSPS) is 11.9. The van der Waals surface area contributed by atoms with Crippen LogP contribution in [0.25, 0.3) is 0 Å². The molecule has 0 radical (unpaired) electrons. The molecule has 0 saturated carbocycles. The smallest absolute Gasteiger partial charge is 0.205 e. The number of nitrogens with two attached hydrogens (primary N) is 1. The third kappa shape index (κ3) is 5.35. The number of hydrogen-bond donors (Lipinski definition) is 3. The van der Waals surface area contributed by atoms with Gasteiger partial charge in [0.15, 0.2) is 0 Å². The van der Waals surface area contributed by atoms with E-state index in [1.165, 1.54) is 0 Å². The monoisotopic (exact) mass is 238 g/mol. The van der Waals surface area contributed by atoms with Gasteiger partial charge in [0, 0.05) is 32.8 Å². The largest absolute Gasteiger partial charge is 0.355 e. The van der Waals surface area contributed by atoms with Gasteiger partial charge in [0.2, 0.25) is 5.96 Å². The van der Waals surface area contributed by atoms with Crippen LogP contribution in [-0.2, 0) is 13.5 Å². The Morgan fingerprint density at radius 3 is 2.88 bits per heavy atom.